The molecule has 0 heterocycles. The summed E-state index contributed by atoms with van der Waals surface area (Å²) in [6.45, 7) is 3.62. The maximum absolute atomic E-state index is 10.9. The second-order valence-electron chi connectivity index (χ2n) is 2.77. The van der Waals surface area contributed by atoms with Crippen molar-refractivity contribution in [2.75, 3.05) is 0 Å². The van der Waals surface area contributed by atoms with E-state index in [0.717, 1.165) is 11.1 Å². The summed E-state index contributed by atoms with van der Waals surface area (Å²) < 4.78 is 0. The largest absolute Gasteiger partial charge is 0.507 e. The Labute approximate surface area is 70.8 Å². The zero-order valence-corrected chi connectivity index (χ0v) is 7.09. The van der Waals surface area contributed by atoms with Gasteiger partial charge in [0, 0.05) is 0 Å². The summed E-state index contributed by atoms with van der Waals surface area (Å²) in [5.41, 5.74) is 6.99. The van der Waals surface area contributed by atoms with Crippen molar-refractivity contribution in [3.8, 4) is 5.75 Å². The van der Waals surface area contributed by atoms with Crippen LogP contribution in [0.15, 0.2) is 12.1 Å². The Morgan fingerprint density at radius 3 is 2.42 bits per heavy atom. The summed E-state index contributed by atoms with van der Waals surface area (Å²) in [7, 11) is 0. The average molecular weight is 165 g/mol. The molecule has 0 aliphatic heterocycles. The topological polar surface area (TPSA) is 63.3 Å². The van der Waals surface area contributed by atoms with Gasteiger partial charge >= 0.3 is 0 Å². The van der Waals surface area contributed by atoms with Crippen LogP contribution in [0.5, 0.6) is 5.75 Å². The van der Waals surface area contributed by atoms with Crippen molar-refractivity contribution in [1.82, 2.24) is 0 Å². The number of aryl methyl sites for hydroxylation is 1. The Hall–Kier alpha value is -1.51. The first-order valence-corrected chi connectivity index (χ1v) is 3.63. The minimum atomic E-state index is -0.589. The molecule has 1 amide bonds. The van der Waals surface area contributed by atoms with E-state index in [1.54, 1.807) is 13.0 Å². The van der Waals surface area contributed by atoms with Gasteiger partial charge in [0.25, 0.3) is 5.91 Å². The van der Waals surface area contributed by atoms with Crippen LogP contribution >= 0.6 is 0 Å². The number of primary amides is 1. The van der Waals surface area contributed by atoms with Crippen molar-refractivity contribution in [3.63, 3.8) is 0 Å². The van der Waals surface area contributed by atoms with Crippen LogP contribution in [0.3, 0.4) is 0 Å². The van der Waals surface area contributed by atoms with E-state index in [-0.39, 0.29) is 11.3 Å². The van der Waals surface area contributed by atoms with E-state index in [9.17, 15) is 9.90 Å². The third kappa shape index (κ3) is 1.25. The molecule has 0 aliphatic carbocycles. The van der Waals surface area contributed by atoms with E-state index in [0.29, 0.717) is 0 Å². The Kier molecular flexibility index (Phi) is 2.04. The van der Waals surface area contributed by atoms with E-state index >= 15 is 0 Å². The molecule has 64 valence electrons. The van der Waals surface area contributed by atoms with Crippen molar-refractivity contribution in [3.05, 3.63) is 28.8 Å². The minimum absolute atomic E-state index is 0.0504. The molecule has 0 spiro atoms. The highest BCUT2D eigenvalue weighted by atomic mass is 16.3. The van der Waals surface area contributed by atoms with Gasteiger partial charge in [-0.05, 0) is 31.0 Å². The molecular formula is C9H11NO2. The Morgan fingerprint density at radius 2 is 2.00 bits per heavy atom. The summed E-state index contributed by atoms with van der Waals surface area (Å²) in [6, 6.07) is 3.22. The van der Waals surface area contributed by atoms with Gasteiger partial charge in [-0.3, -0.25) is 4.79 Å². The molecular weight excluding hydrogens is 154 g/mol. The first kappa shape index (κ1) is 8.59. The molecule has 0 aliphatic rings. The Balaban J connectivity index is 3.43. The number of hydrogen-bond acceptors (Lipinski definition) is 2. The van der Waals surface area contributed by atoms with Gasteiger partial charge in [0.2, 0.25) is 0 Å². The molecule has 0 unspecified atom stereocenters. The van der Waals surface area contributed by atoms with Crippen LogP contribution in [0.2, 0.25) is 0 Å². The van der Waals surface area contributed by atoms with Crippen LogP contribution in [0.25, 0.3) is 0 Å². The van der Waals surface area contributed by atoms with Gasteiger partial charge in [-0.15, -0.1) is 0 Å². The molecule has 0 atom stereocenters. The van der Waals surface area contributed by atoms with Gasteiger partial charge < -0.3 is 10.8 Å². The van der Waals surface area contributed by atoms with Gasteiger partial charge in [0.05, 0.1) is 5.56 Å². The van der Waals surface area contributed by atoms with E-state index in [2.05, 4.69) is 0 Å². The zero-order valence-electron chi connectivity index (χ0n) is 7.09. The first-order chi connectivity index (χ1) is 5.54. The van der Waals surface area contributed by atoms with Crippen molar-refractivity contribution in [2.24, 2.45) is 5.73 Å². The van der Waals surface area contributed by atoms with Crippen molar-refractivity contribution >= 4 is 5.91 Å². The molecule has 0 radical (unpaired) electrons. The lowest BCUT2D eigenvalue weighted by Gasteiger charge is -2.06. The lowest BCUT2D eigenvalue weighted by atomic mass is 10.0. The van der Waals surface area contributed by atoms with Crippen LogP contribution in [-0.4, -0.2) is 11.0 Å². The maximum Gasteiger partial charge on any atom is 0.252 e. The molecule has 12 heavy (non-hydrogen) atoms. The lowest BCUT2D eigenvalue weighted by molar-refractivity contribution is 0.0997. The van der Waals surface area contributed by atoms with E-state index in [1.807, 2.05) is 6.92 Å². The summed E-state index contributed by atoms with van der Waals surface area (Å²) in [5.74, 6) is -0.640. The third-order valence-electron chi connectivity index (χ3n) is 1.96. The summed E-state index contributed by atoms with van der Waals surface area (Å²) >= 11 is 0. The first-order valence-electron chi connectivity index (χ1n) is 3.63. The average Bonchev–Trinajstić information content (AvgIpc) is 1.97. The normalized spacial score (nSPS) is 9.83. The van der Waals surface area contributed by atoms with Gasteiger partial charge in [0.15, 0.2) is 0 Å². The number of hydrogen-bond donors (Lipinski definition) is 2. The number of carbonyl (C=O) groups excluding carboxylic acids is 1. The number of benzene rings is 1. The van der Waals surface area contributed by atoms with Crippen molar-refractivity contribution < 1.29 is 9.90 Å². The van der Waals surface area contributed by atoms with Gasteiger partial charge in [-0.2, -0.15) is 0 Å². The van der Waals surface area contributed by atoms with Crippen LogP contribution in [0.4, 0.5) is 0 Å². The molecule has 0 fully saturated rings. The van der Waals surface area contributed by atoms with Crippen LogP contribution in [-0.2, 0) is 0 Å². The fourth-order valence-electron chi connectivity index (χ4n) is 1.11. The molecule has 1 aromatic carbocycles. The van der Waals surface area contributed by atoms with Gasteiger partial charge in [-0.25, -0.2) is 0 Å². The molecule has 1 aromatic rings. The number of rotatable bonds is 1. The smallest absolute Gasteiger partial charge is 0.252 e. The fraction of sp³-hybridized carbons (Fsp3) is 0.222. The Bertz CT molecular complexity index is 332. The highest BCUT2D eigenvalue weighted by Gasteiger charge is 2.11. The number of amides is 1. The molecule has 0 saturated heterocycles. The number of carbonyl (C=O) groups is 1. The fourth-order valence-corrected chi connectivity index (χ4v) is 1.11. The van der Waals surface area contributed by atoms with Crippen LogP contribution in [0, 0.1) is 13.8 Å². The minimum Gasteiger partial charge on any atom is -0.507 e. The van der Waals surface area contributed by atoms with Crippen molar-refractivity contribution in [1.29, 1.82) is 0 Å². The highest BCUT2D eigenvalue weighted by Crippen LogP contribution is 2.22. The molecule has 0 saturated carbocycles. The standard InChI is InChI=1S/C9H11NO2/c1-5-3-4-7(11)8(6(5)2)9(10)12/h3-4,11H,1-2H3,(H2,10,12). The van der Waals surface area contributed by atoms with Gasteiger partial charge in [0.1, 0.15) is 5.75 Å². The second kappa shape index (κ2) is 2.85. The highest BCUT2D eigenvalue weighted by molar-refractivity contribution is 5.97. The quantitative estimate of drug-likeness (QED) is 0.654. The number of aromatic hydroxyl groups is 1. The predicted molar refractivity (Wildman–Crippen MR) is 46.1 cm³/mol. The summed E-state index contributed by atoms with van der Waals surface area (Å²) in [5, 5.41) is 9.29. The monoisotopic (exact) mass is 165 g/mol. The third-order valence-corrected chi connectivity index (χ3v) is 1.96. The van der Waals surface area contributed by atoms with Crippen LogP contribution in [0.1, 0.15) is 21.5 Å². The number of phenols is 1. The molecule has 0 bridgehead atoms. The molecule has 3 heteroatoms. The zero-order chi connectivity index (χ0) is 9.30. The predicted octanol–water partition coefficient (Wildman–Crippen LogP) is 1.11. The molecule has 0 aromatic heterocycles. The molecule has 3 N–H and O–H groups in total. The van der Waals surface area contributed by atoms with Crippen LogP contribution < -0.4 is 5.73 Å². The maximum atomic E-state index is 10.9. The molecule has 3 nitrogen and oxygen atoms in total. The summed E-state index contributed by atoms with van der Waals surface area (Å²) in [6.07, 6.45) is 0. The molecule has 1 rings (SSSR count). The Morgan fingerprint density at radius 1 is 1.42 bits per heavy atom. The summed E-state index contributed by atoms with van der Waals surface area (Å²) in [4.78, 5) is 10.9. The van der Waals surface area contributed by atoms with Crippen molar-refractivity contribution in [2.45, 2.75) is 13.8 Å². The second-order valence-corrected chi connectivity index (χ2v) is 2.77. The van der Waals surface area contributed by atoms with Gasteiger partial charge in [-0.1, -0.05) is 6.07 Å². The van der Waals surface area contributed by atoms with E-state index < -0.39 is 5.91 Å². The van der Waals surface area contributed by atoms with E-state index in [1.165, 1.54) is 6.07 Å². The lowest BCUT2D eigenvalue weighted by Crippen LogP contribution is -2.13. The van der Waals surface area contributed by atoms with E-state index in [4.69, 9.17) is 5.73 Å². The SMILES string of the molecule is Cc1ccc(O)c(C(N)=O)c1C. The number of nitrogens with two attached hydrogens (primary N) is 1.